The number of ether oxygens (including phenoxy) is 15. The number of fused-ring (bicyclic) bond motifs is 1. The smallest absolute Gasteiger partial charge is 0.184 e. The Hall–Kier alpha value is -2.85. The first-order chi connectivity index (χ1) is 41.4. The number of nitrogens with zero attached hydrogens (tertiary/aromatic N) is 3. The molecule has 0 aliphatic carbocycles. The Balaban J connectivity index is 0.913. The van der Waals surface area contributed by atoms with Crippen molar-refractivity contribution in [2.24, 2.45) is 76.1 Å². The molecule has 484 valence electrons. The summed E-state index contributed by atoms with van der Waals surface area (Å²) in [5, 5.41) is 3.64. The maximum atomic E-state index is 8.78. The maximum Gasteiger partial charge on any atom is 0.184 e. The molecule has 2 aromatic rings. The third-order valence-electron chi connectivity index (χ3n) is 21.6. The summed E-state index contributed by atoms with van der Waals surface area (Å²) in [5.41, 5.74) is 10.8. The maximum absolute atomic E-state index is 8.78. The SMILES string of the molecule is CCC1O[C@@H](OCCN=[N+]=[N-])[C@@H](C)C(C)[C@@H]1O[C@@H]1OC(CC)[C@@H](O[C@@H]2OC3COC(c4ccccc4)O[C@H]3C(O[C@H]3O[C@@H](CC)[C@@H](C)C(C)C3O[C@@H]3OC(CC)[C@@H](O[C@@H]4OC(COCc5ccccc5)[C@H](C)C(C)[C@@H]4C)C(C)[C@@H]3C)[C@H]2C)C(C)[C@@H]1C. The summed E-state index contributed by atoms with van der Waals surface area (Å²) in [7, 11) is 0. The van der Waals surface area contributed by atoms with Crippen LogP contribution in [0.15, 0.2) is 65.8 Å². The zero-order valence-electron chi connectivity index (χ0n) is 54.5. The van der Waals surface area contributed by atoms with E-state index in [0.29, 0.717) is 31.5 Å². The minimum absolute atomic E-state index is 0.0125. The molecule has 7 heterocycles. The van der Waals surface area contributed by atoms with Crippen molar-refractivity contribution in [2.75, 3.05) is 26.4 Å². The number of hydrogen-bond acceptors (Lipinski definition) is 16. The van der Waals surface area contributed by atoms with Gasteiger partial charge in [-0.25, -0.2) is 0 Å². The highest BCUT2D eigenvalue weighted by Gasteiger charge is 2.56. The van der Waals surface area contributed by atoms with Crippen molar-refractivity contribution in [1.82, 2.24) is 0 Å². The van der Waals surface area contributed by atoms with E-state index in [9.17, 15) is 0 Å². The van der Waals surface area contributed by atoms with E-state index < -0.39 is 68.4 Å². The average Bonchev–Trinajstić information content (AvgIpc) is 1.33. The Morgan fingerprint density at radius 3 is 1.43 bits per heavy atom. The Kier molecular flexibility index (Phi) is 24.3. The minimum Gasteiger partial charge on any atom is -0.374 e. The van der Waals surface area contributed by atoms with E-state index in [2.05, 4.69) is 133 Å². The van der Waals surface area contributed by atoms with Crippen LogP contribution in [0.25, 0.3) is 10.4 Å². The lowest BCUT2D eigenvalue weighted by molar-refractivity contribution is -0.402. The topological polar surface area (TPSA) is 187 Å². The molecule has 9 rings (SSSR count). The molecule has 7 saturated heterocycles. The van der Waals surface area contributed by atoms with Crippen LogP contribution in [-0.2, 0) is 77.7 Å². The Morgan fingerprint density at radius 2 is 0.884 bits per heavy atom. The van der Waals surface area contributed by atoms with Gasteiger partial charge in [0.2, 0.25) is 0 Å². The zero-order valence-corrected chi connectivity index (χ0v) is 54.5. The van der Waals surface area contributed by atoms with Gasteiger partial charge in [0.25, 0.3) is 0 Å². The number of rotatable bonds is 23. The Morgan fingerprint density at radius 1 is 0.442 bits per heavy atom. The molecule has 13 unspecified atom stereocenters. The van der Waals surface area contributed by atoms with Crippen LogP contribution in [0.4, 0.5) is 0 Å². The molecule has 86 heavy (non-hydrogen) atoms. The van der Waals surface area contributed by atoms with Crippen molar-refractivity contribution in [3.63, 3.8) is 0 Å². The van der Waals surface area contributed by atoms with Crippen LogP contribution in [0.1, 0.15) is 154 Å². The Labute approximate surface area is 514 Å². The molecule has 18 nitrogen and oxygen atoms in total. The molecule has 0 radical (unpaired) electrons. The molecule has 7 aliphatic heterocycles. The first-order valence-corrected chi connectivity index (χ1v) is 33.2. The van der Waals surface area contributed by atoms with Crippen LogP contribution in [0.5, 0.6) is 0 Å². The highest BCUT2D eigenvalue weighted by atomic mass is 16.8. The van der Waals surface area contributed by atoms with E-state index in [4.69, 9.17) is 76.6 Å². The second-order valence-electron chi connectivity index (χ2n) is 26.7. The van der Waals surface area contributed by atoms with Crippen LogP contribution in [0.2, 0.25) is 0 Å². The average molecular weight is 1210 g/mol. The van der Waals surface area contributed by atoms with Crippen LogP contribution in [-0.4, -0.2) is 137 Å². The van der Waals surface area contributed by atoms with Gasteiger partial charge in [-0.15, -0.1) is 0 Å². The zero-order chi connectivity index (χ0) is 61.5. The van der Waals surface area contributed by atoms with Crippen LogP contribution >= 0.6 is 0 Å². The second-order valence-corrected chi connectivity index (χ2v) is 26.7. The van der Waals surface area contributed by atoms with Gasteiger partial charge >= 0.3 is 0 Å². The predicted octanol–water partition coefficient (Wildman–Crippen LogP) is 13.2. The summed E-state index contributed by atoms with van der Waals surface area (Å²) in [4.78, 5) is 2.86. The molecule has 0 spiro atoms. The molecule has 7 fully saturated rings. The van der Waals surface area contributed by atoms with Gasteiger partial charge in [-0.1, -0.05) is 177 Å². The largest absolute Gasteiger partial charge is 0.374 e. The fourth-order valence-electron chi connectivity index (χ4n) is 14.5. The molecule has 0 bridgehead atoms. The van der Waals surface area contributed by atoms with Crippen molar-refractivity contribution in [1.29, 1.82) is 0 Å². The van der Waals surface area contributed by atoms with Gasteiger partial charge in [0.05, 0.1) is 81.4 Å². The summed E-state index contributed by atoms with van der Waals surface area (Å²) < 4.78 is 104. The molecule has 7 aliphatic rings. The van der Waals surface area contributed by atoms with Crippen LogP contribution < -0.4 is 0 Å². The summed E-state index contributed by atoms with van der Waals surface area (Å²) in [6.45, 7) is 37.1. The van der Waals surface area contributed by atoms with E-state index in [-0.39, 0.29) is 128 Å². The van der Waals surface area contributed by atoms with E-state index in [0.717, 1.165) is 30.4 Å². The molecular formula is C68H107N3O15. The molecular weight excluding hydrogens is 1100 g/mol. The second kappa shape index (κ2) is 31.0. The molecule has 0 aromatic heterocycles. The van der Waals surface area contributed by atoms with Gasteiger partial charge in [-0.2, -0.15) is 0 Å². The third kappa shape index (κ3) is 15.0. The number of azide groups is 1. The highest BCUT2D eigenvalue weighted by Crippen LogP contribution is 2.47. The lowest BCUT2D eigenvalue weighted by Gasteiger charge is -2.54. The third-order valence-corrected chi connectivity index (χ3v) is 21.6. The standard InChI is InChI=1S/C68H107N3O15/c1-17-50-38(7)39(8)60(85-65-46(15)42(11)57(52(19-3)78-65)81-63-43(12)36(5)37(6)54(79-63)34-72-33-48-27-23-21-24-28-48)68(75-50)84-59-47(16)66(80-55-35-74-67(86-61(55)59)49-29-25-22-26-30-49)83-58-41(10)45(14)64(77-53(58)20-4)82-56-40(9)44(13)62(76-51(56)18-2)73-32-31-70-71-69/h21-30,36-47,50-68H,17-20,31-35H2,1-16H3/t36?,37-,38+,39?,40?,41?,42?,43+,44+,45+,46+,47-,50+,51?,52?,53?,54?,55?,56+,57+,58+,59?,60?,61-,62-,63+,64+,65+,66+,67?,68-/m1/s1. The highest BCUT2D eigenvalue weighted by molar-refractivity contribution is 5.17. The van der Waals surface area contributed by atoms with E-state index in [1.807, 2.05) is 48.5 Å². The molecule has 0 amide bonds. The fourth-order valence-corrected chi connectivity index (χ4v) is 14.5. The van der Waals surface area contributed by atoms with Crippen molar-refractivity contribution in [3.05, 3.63) is 82.2 Å². The Bertz CT molecular complexity index is 2390. The normalized spacial score (nSPS) is 45.6. The van der Waals surface area contributed by atoms with E-state index in [1.165, 1.54) is 0 Å². The van der Waals surface area contributed by atoms with Gasteiger partial charge in [0.15, 0.2) is 44.0 Å². The van der Waals surface area contributed by atoms with Crippen molar-refractivity contribution < 1.29 is 71.1 Å². The summed E-state index contributed by atoms with van der Waals surface area (Å²) in [5.74, 6) is 0.813. The van der Waals surface area contributed by atoms with Crippen molar-refractivity contribution >= 4 is 0 Å². The van der Waals surface area contributed by atoms with Crippen molar-refractivity contribution in [3.8, 4) is 0 Å². The lowest BCUT2D eigenvalue weighted by atomic mass is 9.78. The van der Waals surface area contributed by atoms with Gasteiger partial charge in [-0.05, 0) is 78.2 Å². The fraction of sp³-hybridized carbons (Fsp3) is 0.824. The predicted molar refractivity (Wildman–Crippen MR) is 324 cm³/mol. The molecule has 2 aromatic carbocycles. The van der Waals surface area contributed by atoms with Crippen LogP contribution in [0, 0.1) is 71.0 Å². The summed E-state index contributed by atoms with van der Waals surface area (Å²) >= 11 is 0. The number of benzene rings is 2. The lowest BCUT2D eigenvalue weighted by Crippen LogP contribution is -2.64. The van der Waals surface area contributed by atoms with Gasteiger partial charge < -0.3 is 71.1 Å². The molecule has 18 heteroatoms. The van der Waals surface area contributed by atoms with E-state index in [1.54, 1.807) is 0 Å². The molecule has 31 atom stereocenters. The quantitative estimate of drug-likeness (QED) is 0.0442. The van der Waals surface area contributed by atoms with Gasteiger partial charge in [0.1, 0.15) is 18.3 Å². The van der Waals surface area contributed by atoms with Gasteiger partial charge in [0, 0.05) is 46.6 Å². The van der Waals surface area contributed by atoms with Gasteiger partial charge in [-0.3, -0.25) is 0 Å². The summed E-state index contributed by atoms with van der Waals surface area (Å²) in [6.07, 6.45) is -4.90. The molecule has 0 saturated carbocycles. The summed E-state index contributed by atoms with van der Waals surface area (Å²) in [6, 6.07) is 20.3. The minimum atomic E-state index is -0.778. The monoisotopic (exact) mass is 1210 g/mol. The first kappa shape index (κ1) is 67.5. The first-order valence-electron chi connectivity index (χ1n) is 33.2. The molecule has 0 N–H and O–H groups in total. The van der Waals surface area contributed by atoms with Crippen molar-refractivity contribution in [2.45, 2.75) is 260 Å². The number of hydrogen-bond donors (Lipinski definition) is 0. The van der Waals surface area contributed by atoms with Crippen LogP contribution in [0.3, 0.4) is 0 Å². The van der Waals surface area contributed by atoms with E-state index >= 15 is 0 Å².